The van der Waals surface area contributed by atoms with Gasteiger partial charge in [0.2, 0.25) is 0 Å². The van der Waals surface area contributed by atoms with Crippen LogP contribution in [0.3, 0.4) is 0 Å². The van der Waals surface area contributed by atoms with Gasteiger partial charge in [0.15, 0.2) is 0 Å². The van der Waals surface area contributed by atoms with Gasteiger partial charge in [-0.15, -0.1) is 0 Å². The Morgan fingerprint density at radius 3 is 1.84 bits per heavy atom. The Balaban J connectivity index is 2.01. The topological polar surface area (TPSA) is 37.3 Å². The zero-order chi connectivity index (χ0) is 13.0. The largest absolute Gasteiger partial charge is 0.481 e. The summed E-state index contributed by atoms with van der Waals surface area (Å²) in [5, 5.41) is 9.51. The van der Waals surface area contributed by atoms with Gasteiger partial charge in [-0.3, -0.25) is 4.79 Å². The fourth-order valence-electron chi connectivity index (χ4n) is 3.88. The van der Waals surface area contributed by atoms with E-state index >= 15 is 0 Å². The molecule has 2 aromatic carbocycles. The summed E-state index contributed by atoms with van der Waals surface area (Å²) in [5.74, 6) is -0.679. The lowest BCUT2D eigenvalue weighted by Gasteiger charge is -2.43. The van der Waals surface area contributed by atoms with Crippen LogP contribution in [0.2, 0.25) is 0 Å². The number of hydrogen-bond acceptors (Lipinski definition) is 1. The van der Waals surface area contributed by atoms with E-state index in [2.05, 4.69) is 36.4 Å². The minimum atomic E-state index is -0.668. The first-order valence-corrected chi connectivity index (χ1v) is 6.68. The van der Waals surface area contributed by atoms with Crippen LogP contribution in [0.25, 0.3) is 0 Å². The summed E-state index contributed by atoms with van der Waals surface area (Å²) in [6.07, 6.45) is 0.730. The molecule has 2 aromatic rings. The maximum absolute atomic E-state index is 11.6. The van der Waals surface area contributed by atoms with E-state index in [0.717, 1.165) is 6.42 Å². The molecule has 0 amide bonds. The van der Waals surface area contributed by atoms with Gasteiger partial charge in [0.1, 0.15) is 0 Å². The van der Waals surface area contributed by atoms with Crippen molar-refractivity contribution in [3.8, 4) is 0 Å². The molecule has 0 saturated heterocycles. The Hall–Kier alpha value is -2.09. The van der Waals surface area contributed by atoms with Gasteiger partial charge in [0.05, 0.1) is 5.92 Å². The van der Waals surface area contributed by atoms with E-state index in [4.69, 9.17) is 0 Å². The third kappa shape index (κ3) is 1.34. The van der Waals surface area contributed by atoms with Crippen molar-refractivity contribution < 1.29 is 9.90 Å². The van der Waals surface area contributed by atoms with E-state index in [1.165, 1.54) is 22.3 Å². The van der Waals surface area contributed by atoms with E-state index < -0.39 is 5.97 Å². The molecule has 19 heavy (non-hydrogen) atoms. The normalized spacial score (nSPS) is 26.6. The third-order valence-electron chi connectivity index (χ3n) is 4.62. The second-order valence-corrected chi connectivity index (χ2v) is 5.47. The van der Waals surface area contributed by atoms with Crippen LogP contribution in [0.15, 0.2) is 48.5 Å². The lowest BCUT2D eigenvalue weighted by molar-refractivity contribution is -0.143. The highest BCUT2D eigenvalue weighted by molar-refractivity contribution is 5.75. The Bertz CT molecular complexity index is 627. The van der Waals surface area contributed by atoms with Gasteiger partial charge in [0.25, 0.3) is 0 Å². The van der Waals surface area contributed by atoms with Crippen molar-refractivity contribution in [2.24, 2.45) is 5.92 Å². The quantitative estimate of drug-likeness (QED) is 0.842. The number of hydrogen-bond donors (Lipinski definition) is 1. The molecule has 3 aliphatic carbocycles. The molecule has 2 bridgehead atoms. The van der Waals surface area contributed by atoms with Crippen LogP contribution >= 0.6 is 0 Å². The monoisotopic (exact) mass is 250 g/mol. The van der Waals surface area contributed by atoms with Crippen LogP contribution in [0.5, 0.6) is 0 Å². The van der Waals surface area contributed by atoms with Crippen molar-refractivity contribution >= 4 is 5.97 Å². The predicted octanol–water partition coefficient (Wildman–Crippen LogP) is 3.37. The van der Waals surface area contributed by atoms with Crippen molar-refractivity contribution in [2.75, 3.05) is 0 Å². The Kier molecular flexibility index (Phi) is 2.10. The Morgan fingerprint density at radius 2 is 1.37 bits per heavy atom. The smallest absolute Gasteiger partial charge is 0.307 e. The molecule has 3 aliphatic rings. The number of carboxylic acids is 1. The van der Waals surface area contributed by atoms with Crippen LogP contribution in [0, 0.1) is 5.92 Å². The average Bonchev–Trinajstić information content (AvgIpc) is 2.47. The summed E-state index contributed by atoms with van der Waals surface area (Å²) < 4.78 is 0. The van der Waals surface area contributed by atoms with E-state index in [0.29, 0.717) is 0 Å². The summed E-state index contributed by atoms with van der Waals surface area (Å²) in [4.78, 5) is 11.6. The summed E-state index contributed by atoms with van der Waals surface area (Å²) in [5.41, 5.74) is 5.07. The second-order valence-electron chi connectivity index (χ2n) is 5.47. The number of benzene rings is 2. The van der Waals surface area contributed by atoms with Crippen LogP contribution in [0.1, 0.15) is 40.5 Å². The molecule has 0 radical (unpaired) electrons. The molecule has 0 saturated carbocycles. The van der Waals surface area contributed by atoms with E-state index in [1.54, 1.807) is 0 Å². The van der Waals surface area contributed by atoms with E-state index in [1.807, 2.05) is 12.1 Å². The maximum atomic E-state index is 11.6. The highest BCUT2D eigenvalue weighted by Gasteiger charge is 2.45. The molecule has 0 spiro atoms. The molecule has 2 nitrogen and oxygen atoms in total. The lowest BCUT2D eigenvalue weighted by Crippen LogP contribution is -2.36. The van der Waals surface area contributed by atoms with Gasteiger partial charge in [-0.2, -0.15) is 0 Å². The molecule has 0 fully saturated rings. The number of rotatable bonds is 1. The highest BCUT2D eigenvalue weighted by Crippen LogP contribution is 2.55. The zero-order valence-corrected chi connectivity index (χ0v) is 10.4. The van der Waals surface area contributed by atoms with Crippen LogP contribution in [0.4, 0.5) is 0 Å². The molecule has 1 N–H and O–H groups in total. The first-order chi connectivity index (χ1) is 9.27. The number of aliphatic carboxylic acids is 1. The molecule has 0 aromatic heterocycles. The number of carbonyl (C=O) groups is 1. The van der Waals surface area contributed by atoms with Crippen molar-refractivity contribution in [1.82, 2.24) is 0 Å². The van der Waals surface area contributed by atoms with E-state index in [9.17, 15) is 9.90 Å². The molecule has 1 atom stereocenters. The van der Waals surface area contributed by atoms with Gasteiger partial charge in [-0.1, -0.05) is 48.5 Å². The first kappa shape index (κ1) is 10.8. The summed E-state index contributed by atoms with van der Waals surface area (Å²) in [6.45, 7) is 0. The molecular formula is C17H14O2. The molecular weight excluding hydrogens is 236 g/mol. The van der Waals surface area contributed by atoms with Gasteiger partial charge >= 0.3 is 5.97 Å². The molecule has 94 valence electrons. The number of fused-ring (bicyclic) bond motifs is 1. The Morgan fingerprint density at radius 1 is 0.895 bits per heavy atom. The van der Waals surface area contributed by atoms with Gasteiger partial charge < -0.3 is 5.11 Å². The average molecular weight is 250 g/mol. The SMILES string of the molecule is O=C(O)C1CC2c3ccccc3C1c1ccccc12. The summed E-state index contributed by atoms with van der Waals surface area (Å²) in [7, 11) is 0. The van der Waals surface area contributed by atoms with Crippen LogP contribution < -0.4 is 0 Å². The molecule has 0 aliphatic heterocycles. The zero-order valence-electron chi connectivity index (χ0n) is 10.4. The van der Waals surface area contributed by atoms with Gasteiger partial charge in [-0.05, 0) is 28.7 Å². The van der Waals surface area contributed by atoms with Crippen LogP contribution in [-0.4, -0.2) is 11.1 Å². The first-order valence-electron chi connectivity index (χ1n) is 6.68. The molecule has 5 rings (SSSR count). The summed E-state index contributed by atoms with van der Waals surface area (Å²) in [6, 6.07) is 16.6. The third-order valence-corrected chi connectivity index (χ3v) is 4.62. The molecule has 1 unspecified atom stereocenters. The van der Waals surface area contributed by atoms with Gasteiger partial charge in [-0.25, -0.2) is 0 Å². The minimum Gasteiger partial charge on any atom is -0.481 e. The molecule has 0 heterocycles. The molecule has 2 heteroatoms. The highest BCUT2D eigenvalue weighted by atomic mass is 16.4. The fraction of sp³-hybridized carbons (Fsp3) is 0.235. The maximum Gasteiger partial charge on any atom is 0.307 e. The van der Waals surface area contributed by atoms with Crippen molar-refractivity contribution in [1.29, 1.82) is 0 Å². The van der Waals surface area contributed by atoms with Gasteiger partial charge in [0, 0.05) is 11.8 Å². The Labute approximate surface area is 111 Å². The minimum absolute atomic E-state index is 0.0231. The van der Waals surface area contributed by atoms with E-state index in [-0.39, 0.29) is 17.8 Å². The van der Waals surface area contributed by atoms with Crippen LogP contribution in [-0.2, 0) is 4.79 Å². The summed E-state index contributed by atoms with van der Waals surface area (Å²) >= 11 is 0. The van der Waals surface area contributed by atoms with Crippen molar-refractivity contribution in [2.45, 2.75) is 18.3 Å². The lowest BCUT2D eigenvalue weighted by atomic mass is 9.59. The fourth-order valence-corrected chi connectivity index (χ4v) is 3.88. The predicted molar refractivity (Wildman–Crippen MR) is 72.3 cm³/mol. The van der Waals surface area contributed by atoms with Crippen molar-refractivity contribution in [3.63, 3.8) is 0 Å². The second kappa shape index (κ2) is 3.70. The van der Waals surface area contributed by atoms with Crippen molar-refractivity contribution in [3.05, 3.63) is 70.8 Å². The standard InChI is InChI=1S/C17H14O2/c18-17(19)15-9-14-10-5-1-3-7-12(10)16(15)13-8-4-2-6-11(13)14/h1-8,14-16H,9H2,(H,18,19). The number of carboxylic acid groups (broad SMARTS) is 1.